The molecule has 1 aliphatic rings. The number of rotatable bonds is 4. The summed E-state index contributed by atoms with van der Waals surface area (Å²) in [4.78, 5) is 11.8. The Kier molecular flexibility index (Phi) is 3.02. The lowest BCUT2D eigenvalue weighted by Crippen LogP contribution is -2.13. The van der Waals surface area contributed by atoms with Gasteiger partial charge >= 0.3 is 0 Å². The molecule has 3 nitrogen and oxygen atoms in total. The van der Waals surface area contributed by atoms with Gasteiger partial charge in [0.1, 0.15) is 5.75 Å². The van der Waals surface area contributed by atoms with Crippen molar-refractivity contribution in [3.8, 4) is 5.75 Å². The van der Waals surface area contributed by atoms with Gasteiger partial charge in [0.05, 0.1) is 12.2 Å². The summed E-state index contributed by atoms with van der Waals surface area (Å²) >= 11 is 0. The fourth-order valence-electron chi connectivity index (χ4n) is 1.81. The molecular formula is C12H15NO2. The number of carbonyl (C=O) groups excluding carboxylic acids is 1. The Morgan fingerprint density at radius 2 is 2.40 bits per heavy atom. The molecular weight excluding hydrogens is 190 g/mol. The van der Waals surface area contributed by atoms with Crippen LogP contribution < -0.4 is 10.1 Å². The summed E-state index contributed by atoms with van der Waals surface area (Å²) in [6.07, 6.45) is 1.44. The Bertz CT molecular complexity index is 374. The topological polar surface area (TPSA) is 38.3 Å². The maximum atomic E-state index is 11.8. The second-order valence-electron chi connectivity index (χ2n) is 3.67. The van der Waals surface area contributed by atoms with E-state index in [1.54, 1.807) is 0 Å². The number of nitrogens with one attached hydrogen (secondary N) is 1. The van der Waals surface area contributed by atoms with Gasteiger partial charge in [-0.05, 0) is 18.7 Å². The molecule has 0 radical (unpaired) electrons. The third kappa shape index (κ3) is 2.02. The molecule has 1 heterocycles. The molecule has 0 atom stereocenters. The second-order valence-corrected chi connectivity index (χ2v) is 3.67. The van der Waals surface area contributed by atoms with Crippen LogP contribution in [0.25, 0.3) is 0 Å². The molecule has 0 spiro atoms. The Morgan fingerprint density at radius 3 is 3.20 bits per heavy atom. The molecule has 0 aliphatic carbocycles. The van der Waals surface area contributed by atoms with Gasteiger partial charge in [-0.25, -0.2) is 0 Å². The van der Waals surface area contributed by atoms with Crippen LogP contribution in [0.1, 0.15) is 22.3 Å². The molecule has 0 bridgehead atoms. The van der Waals surface area contributed by atoms with E-state index in [-0.39, 0.29) is 5.78 Å². The molecule has 0 aromatic heterocycles. The molecule has 1 N–H and O–H groups in total. The number of para-hydroxylation sites is 1. The zero-order valence-electron chi connectivity index (χ0n) is 8.88. The molecule has 0 amide bonds. The smallest absolute Gasteiger partial charge is 0.167 e. The third-order valence-electron chi connectivity index (χ3n) is 2.62. The maximum Gasteiger partial charge on any atom is 0.167 e. The number of fused-ring (bicyclic) bond motifs is 1. The highest BCUT2D eigenvalue weighted by Gasteiger charge is 2.19. The van der Waals surface area contributed by atoms with Crippen molar-refractivity contribution in [2.45, 2.75) is 12.8 Å². The SMILES string of the molecule is CNCCC(=O)c1cccc2c1OCC2. The molecule has 80 valence electrons. The molecule has 2 rings (SSSR count). The summed E-state index contributed by atoms with van der Waals surface area (Å²) in [5, 5.41) is 2.97. The predicted octanol–water partition coefficient (Wildman–Crippen LogP) is 1.41. The molecule has 15 heavy (non-hydrogen) atoms. The van der Waals surface area contributed by atoms with Crippen LogP contribution in [0.4, 0.5) is 0 Å². The van der Waals surface area contributed by atoms with E-state index in [0.29, 0.717) is 19.6 Å². The highest BCUT2D eigenvalue weighted by atomic mass is 16.5. The van der Waals surface area contributed by atoms with Crippen LogP contribution in [-0.4, -0.2) is 26.0 Å². The number of hydrogen-bond acceptors (Lipinski definition) is 3. The minimum Gasteiger partial charge on any atom is -0.492 e. The van der Waals surface area contributed by atoms with Gasteiger partial charge in [-0.3, -0.25) is 4.79 Å². The Hall–Kier alpha value is -1.35. The zero-order chi connectivity index (χ0) is 10.7. The largest absolute Gasteiger partial charge is 0.492 e. The first-order chi connectivity index (χ1) is 7.33. The highest BCUT2D eigenvalue weighted by molar-refractivity contribution is 5.99. The summed E-state index contributed by atoms with van der Waals surface area (Å²) < 4.78 is 5.49. The summed E-state index contributed by atoms with van der Waals surface area (Å²) in [7, 11) is 1.85. The summed E-state index contributed by atoms with van der Waals surface area (Å²) in [5.74, 6) is 0.960. The van der Waals surface area contributed by atoms with Gasteiger partial charge in [0, 0.05) is 19.4 Å². The summed E-state index contributed by atoms with van der Waals surface area (Å²) in [6.45, 7) is 1.41. The lowest BCUT2D eigenvalue weighted by Gasteiger charge is -2.06. The minimum absolute atomic E-state index is 0.156. The van der Waals surface area contributed by atoms with E-state index >= 15 is 0 Å². The van der Waals surface area contributed by atoms with Crippen molar-refractivity contribution in [1.29, 1.82) is 0 Å². The van der Waals surface area contributed by atoms with E-state index in [4.69, 9.17) is 4.74 Å². The summed E-state index contributed by atoms with van der Waals surface area (Å²) in [5.41, 5.74) is 1.89. The standard InChI is InChI=1S/C12H15NO2/c1-13-7-5-11(14)10-4-2-3-9-6-8-15-12(9)10/h2-4,13H,5-8H2,1H3. The van der Waals surface area contributed by atoms with Gasteiger partial charge in [-0.15, -0.1) is 0 Å². The van der Waals surface area contributed by atoms with E-state index in [9.17, 15) is 4.79 Å². The van der Waals surface area contributed by atoms with Crippen molar-refractivity contribution in [3.63, 3.8) is 0 Å². The first-order valence-electron chi connectivity index (χ1n) is 5.25. The van der Waals surface area contributed by atoms with E-state index in [1.807, 2.05) is 25.2 Å². The molecule has 0 unspecified atom stereocenters. The lowest BCUT2D eigenvalue weighted by molar-refractivity contribution is 0.0980. The number of hydrogen-bond donors (Lipinski definition) is 1. The normalized spacial score (nSPS) is 13.4. The van der Waals surface area contributed by atoms with Crippen LogP contribution in [0.2, 0.25) is 0 Å². The van der Waals surface area contributed by atoms with Crippen LogP contribution in [0, 0.1) is 0 Å². The fourth-order valence-corrected chi connectivity index (χ4v) is 1.81. The van der Waals surface area contributed by atoms with Crippen molar-refractivity contribution in [1.82, 2.24) is 5.32 Å². The minimum atomic E-state index is 0.156. The first-order valence-corrected chi connectivity index (χ1v) is 5.25. The van der Waals surface area contributed by atoms with Crippen LogP contribution in [0.5, 0.6) is 5.75 Å². The van der Waals surface area contributed by atoms with E-state index in [2.05, 4.69) is 5.32 Å². The monoisotopic (exact) mass is 205 g/mol. The fraction of sp³-hybridized carbons (Fsp3) is 0.417. The van der Waals surface area contributed by atoms with Gasteiger partial charge in [0.25, 0.3) is 0 Å². The quantitative estimate of drug-likeness (QED) is 0.755. The predicted molar refractivity (Wildman–Crippen MR) is 58.5 cm³/mol. The average Bonchev–Trinajstić information content (AvgIpc) is 2.73. The number of benzene rings is 1. The van der Waals surface area contributed by atoms with Gasteiger partial charge in [-0.2, -0.15) is 0 Å². The van der Waals surface area contributed by atoms with E-state index in [1.165, 1.54) is 0 Å². The lowest BCUT2D eigenvalue weighted by atomic mass is 10.0. The van der Waals surface area contributed by atoms with E-state index < -0.39 is 0 Å². The van der Waals surface area contributed by atoms with Crippen molar-refractivity contribution >= 4 is 5.78 Å². The maximum absolute atomic E-state index is 11.8. The zero-order valence-corrected chi connectivity index (χ0v) is 8.88. The van der Waals surface area contributed by atoms with Crippen molar-refractivity contribution < 1.29 is 9.53 Å². The Labute approximate surface area is 89.4 Å². The summed E-state index contributed by atoms with van der Waals surface area (Å²) in [6, 6.07) is 5.81. The number of carbonyl (C=O) groups is 1. The first kappa shape index (κ1) is 10.2. The van der Waals surface area contributed by atoms with E-state index in [0.717, 1.165) is 23.3 Å². The second kappa shape index (κ2) is 4.45. The molecule has 3 heteroatoms. The van der Waals surface area contributed by atoms with Gasteiger partial charge in [0.15, 0.2) is 5.78 Å². The third-order valence-corrected chi connectivity index (χ3v) is 2.62. The Morgan fingerprint density at radius 1 is 1.53 bits per heavy atom. The molecule has 0 fully saturated rings. The Balaban J connectivity index is 2.21. The van der Waals surface area contributed by atoms with Crippen molar-refractivity contribution in [3.05, 3.63) is 29.3 Å². The molecule has 0 saturated carbocycles. The molecule has 0 saturated heterocycles. The van der Waals surface area contributed by atoms with Crippen LogP contribution in [0.3, 0.4) is 0 Å². The highest BCUT2D eigenvalue weighted by Crippen LogP contribution is 2.29. The molecule has 1 aromatic rings. The van der Waals surface area contributed by atoms with Crippen molar-refractivity contribution in [2.75, 3.05) is 20.2 Å². The van der Waals surface area contributed by atoms with Crippen LogP contribution in [-0.2, 0) is 6.42 Å². The number of Topliss-reactive ketones (excluding diaryl/α,β-unsaturated/α-hetero) is 1. The average molecular weight is 205 g/mol. The molecule has 1 aliphatic heterocycles. The van der Waals surface area contributed by atoms with Crippen molar-refractivity contribution in [2.24, 2.45) is 0 Å². The molecule has 1 aromatic carbocycles. The number of ketones is 1. The van der Waals surface area contributed by atoms with Crippen LogP contribution >= 0.6 is 0 Å². The van der Waals surface area contributed by atoms with Crippen LogP contribution in [0.15, 0.2) is 18.2 Å². The van der Waals surface area contributed by atoms with Gasteiger partial charge in [-0.1, -0.05) is 12.1 Å². The van der Waals surface area contributed by atoms with Gasteiger partial charge in [0.2, 0.25) is 0 Å². The number of ether oxygens (including phenoxy) is 1. The van der Waals surface area contributed by atoms with Gasteiger partial charge < -0.3 is 10.1 Å².